The molecule has 0 saturated heterocycles. The topological polar surface area (TPSA) is 53.6 Å². The molecule has 72 valence electrons. The second-order valence-corrected chi connectivity index (χ2v) is 3.62. The van der Waals surface area contributed by atoms with Gasteiger partial charge < -0.3 is 14.6 Å². The molecule has 0 bridgehead atoms. The van der Waals surface area contributed by atoms with Crippen molar-refractivity contribution in [3.8, 4) is 0 Å². The Morgan fingerprint density at radius 3 is 2.85 bits per heavy atom. The molecule has 2 N–H and O–H groups in total. The van der Waals surface area contributed by atoms with E-state index in [1.54, 1.807) is 18.4 Å². The highest BCUT2D eigenvalue weighted by molar-refractivity contribution is 5.04. The van der Waals surface area contributed by atoms with Gasteiger partial charge in [-0.25, -0.2) is 0 Å². The first kappa shape index (κ1) is 8.78. The minimum atomic E-state index is -0.646. The van der Waals surface area contributed by atoms with Crippen LogP contribution in [-0.4, -0.2) is 16.3 Å². The molecule has 0 aliphatic heterocycles. The van der Waals surface area contributed by atoms with Gasteiger partial charge in [0.25, 0.3) is 0 Å². The predicted octanol–water partition coefficient (Wildman–Crippen LogP) is 1.47. The van der Waals surface area contributed by atoms with Crippen molar-refractivity contribution in [3.63, 3.8) is 0 Å². The van der Waals surface area contributed by atoms with Crippen LogP contribution >= 0.6 is 0 Å². The quantitative estimate of drug-likeness (QED) is 0.728. The third kappa shape index (κ3) is 1.62. The molecule has 0 unspecified atom stereocenters. The Labute approximate surface area is 77.0 Å². The summed E-state index contributed by atoms with van der Waals surface area (Å²) in [5, 5.41) is 19.4. The molecule has 3 atom stereocenters. The lowest BCUT2D eigenvalue weighted by atomic mass is 9.97. The van der Waals surface area contributed by atoms with Gasteiger partial charge in [-0.2, -0.15) is 0 Å². The van der Waals surface area contributed by atoms with Gasteiger partial charge in [-0.3, -0.25) is 0 Å². The summed E-state index contributed by atoms with van der Waals surface area (Å²) in [7, 11) is 0. The lowest BCUT2D eigenvalue weighted by molar-refractivity contribution is 0.0186. The third-order valence-corrected chi connectivity index (χ3v) is 2.77. The first-order valence-corrected chi connectivity index (χ1v) is 4.68. The zero-order valence-corrected chi connectivity index (χ0v) is 7.39. The van der Waals surface area contributed by atoms with Crippen molar-refractivity contribution in [1.29, 1.82) is 0 Å². The van der Waals surface area contributed by atoms with Crippen LogP contribution in [0.15, 0.2) is 22.8 Å². The largest absolute Gasteiger partial charge is 0.467 e. The molecule has 1 aromatic heterocycles. The number of hydrogen-bond acceptors (Lipinski definition) is 3. The zero-order valence-electron chi connectivity index (χ0n) is 7.39. The standard InChI is InChI=1S/C10H14O3/c11-8-4-1-3-7(8)10(12)9-5-2-6-13-9/h2,5-8,10-12H,1,3-4H2/t7-,8+,10-/m0/s1. The van der Waals surface area contributed by atoms with Crippen molar-refractivity contribution in [3.05, 3.63) is 24.2 Å². The smallest absolute Gasteiger partial charge is 0.132 e. The van der Waals surface area contributed by atoms with Gasteiger partial charge in [-0.1, -0.05) is 6.42 Å². The van der Waals surface area contributed by atoms with Crippen molar-refractivity contribution in [2.24, 2.45) is 5.92 Å². The van der Waals surface area contributed by atoms with Crippen molar-refractivity contribution >= 4 is 0 Å². The number of aliphatic hydroxyl groups is 2. The normalized spacial score (nSPS) is 30.6. The fourth-order valence-corrected chi connectivity index (χ4v) is 2.01. The molecule has 0 amide bonds. The van der Waals surface area contributed by atoms with Crippen LogP contribution in [-0.2, 0) is 0 Å². The average Bonchev–Trinajstić information content (AvgIpc) is 2.72. The van der Waals surface area contributed by atoms with Gasteiger partial charge in [0.05, 0.1) is 12.4 Å². The molecule has 13 heavy (non-hydrogen) atoms. The van der Waals surface area contributed by atoms with E-state index in [2.05, 4.69) is 0 Å². The Morgan fingerprint density at radius 1 is 1.46 bits per heavy atom. The summed E-state index contributed by atoms with van der Waals surface area (Å²) in [5.74, 6) is 0.511. The van der Waals surface area contributed by atoms with E-state index in [4.69, 9.17) is 4.42 Å². The molecular formula is C10H14O3. The first-order valence-electron chi connectivity index (χ1n) is 4.68. The van der Waals surface area contributed by atoms with Gasteiger partial charge >= 0.3 is 0 Å². The second-order valence-electron chi connectivity index (χ2n) is 3.62. The summed E-state index contributed by atoms with van der Waals surface area (Å²) < 4.78 is 5.09. The Kier molecular flexibility index (Phi) is 2.38. The molecule has 1 heterocycles. The monoisotopic (exact) mass is 182 g/mol. The van der Waals surface area contributed by atoms with Gasteiger partial charge in [0.1, 0.15) is 11.9 Å². The molecule has 1 saturated carbocycles. The Bertz CT molecular complexity index is 255. The average molecular weight is 182 g/mol. The van der Waals surface area contributed by atoms with Crippen LogP contribution < -0.4 is 0 Å². The molecule has 1 aliphatic carbocycles. The predicted molar refractivity (Wildman–Crippen MR) is 47.0 cm³/mol. The minimum Gasteiger partial charge on any atom is -0.467 e. The molecule has 3 nitrogen and oxygen atoms in total. The second kappa shape index (κ2) is 3.52. The number of furan rings is 1. The lowest BCUT2D eigenvalue weighted by Gasteiger charge is -2.18. The molecule has 0 radical (unpaired) electrons. The van der Waals surface area contributed by atoms with Crippen LogP contribution in [0.1, 0.15) is 31.1 Å². The van der Waals surface area contributed by atoms with Gasteiger partial charge in [-0.15, -0.1) is 0 Å². The summed E-state index contributed by atoms with van der Waals surface area (Å²) >= 11 is 0. The molecule has 2 rings (SSSR count). The molecular weight excluding hydrogens is 168 g/mol. The fraction of sp³-hybridized carbons (Fsp3) is 0.600. The van der Waals surface area contributed by atoms with E-state index in [1.165, 1.54) is 0 Å². The van der Waals surface area contributed by atoms with Crippen LogP contribution in [0.5, 0.6) is 0 Å². The summed E-state index contributed by atoms with van der Waals surface area (Å²) in [6, 6.07) is 3.50. The molecule has 0 spiro atoms. The number of aliphatic hydroxyl groups excluding tert-OH is 2. The van der Waals surface area contributed by atoms with E-state index in [1.807, 2.05) is 0 Å². The number of hydrogen-bond donors (Lipinski definition) is 2. The summed E-state index contributed by atoms with van der Waals surface area (Å²) in [5.41, 5.74) is 0. The van der Waals surface area contributed by atoms with Crippen LogP contribution in [0.4, 0.5) is 0 Å². The minimum absolute atomic E-state index is 0.0499. The van der Waals surface area contributed by atoms with E-state index in [0.29, 0.717) is 5.76 Å². The highest BCUT2D eigenvalue weighted by atomic mass is 16.4. The first-order chi connectivity index (χ1) is 6.29. The molecule has 1 fully saturated rings. The summed E-state index contributed by atoms with van der Waals surface area (Å²) in [4.78, 5) is 0. The van der Waals surface area contributed by atoms with Gasteiger partial charge in [0, 0.05) is 5.92 Å². The SMILES string of the molecule is O[C@@H]1CCC[C@@H]1[C@H](O)c1ccco1. The van der Waals surface area contributed by atoms with Crippen LogP contribution in [0.3, 0.4) is 0 Å². The van der Waals surface area contributed by atoms with Crippen molar-refractivity contribution in [1.82, 2.24) is 0 Å². The Balaban J connectivity index is 2.08. The third-order valence-electron chi connectivity index (χ3n) is 2.77. The maximum absolute atomic E-state index is 9.83. The highest BCUT2D eigenvalue weighted by Crippen LogP contribution is 2.35. The zero-order chi connectivity index (χ0) is 9.26. The molecule has 1 aliphatic rings. The Hall–Kier alpha value is -0.800. The van der Waals surface area contributed by atoms with Crippen LogP contribution in [0, 0.1) is 5.92 Å². The van der Waals surface area contributed by atoms with Crippen molar-refractivity contribution in [2.75, 3.05) is 0 Å². The summed E-state index contributed by atoms with van der Waals surface area (Å²) in [6.07, 6.45) is 3.18. The Morgan fingerprint density at radius 2 is 2.31 bits per heavy atom. The van der Waals surface area contributed by atoms with Gasteiger partial charge in [0.15, 0.2) is 0 Å². The van der Waals surface area contributed by atoms with E-state index in [-0.39, 0.29) is 12.0 Å². The lowest BCUT2D eigenvalue weighted by Crippen LogP contribution is -2.20. The maximum Gasteiger partial charge on any atom is 0.132 e. The molecule has 0 aromatic carbocycles. The fourth-order valence-electron chi connectivity index (χ4n) is 2.01. The molecule has 3 heteroatoms. The van der Waals surface area contributed by atoms with Crippen molar-refractivity contribution < 1.29 is 14.6 Å². The van der Waals surface area contributed by atoms with E-state index in [9.17, 15) is 10.2 Å². The van der Waals surface area contributed by atoms with Crippen molar-refractivity contribution in [2.45, 2.75) is 31.5 Å². The van der Waals surface area contributed by atoms with E-state index >= 15 is 0 Å². The van der Waals surface area contributed by atoms with E-state index in [0.717, 1.165) is 19.3 Å². The van der Waals surface area contributed by atoms with Crippen LogP contribution in [0.25, 0.3) is 0 Å². The van der Waals surface area contributed by atoms with Crippen LogP contribution in [0.2, 0.25) is 0 Å². The van der Waals surface area contributed by atoms with Gasteiger partial charge in [0.2, 0.25) is 0 Å². The molecule has 1 aromatic rings. The summed E-state index contributed by atoms with van der Waals surface area (Å²) in [6.45, 7) is 0. The highest BCUT2D eigenvalue weighted by Gasteiger charge is 2.33. The number of rotatable bonds is 2. The maximum atomic E-state index is 9.83. The van der Waals surface area contributed by atoms with E-state index < -0.39 is 6.10 Å². The van der Waals surface area contributed by atoms with Gasteiger partial charge in [-0.05, 0) is 25.0 Å².